The average Bonchev–Trinajstić information content (AvgIpc) is 1.95. The standard InChI is InChI=1S/C6H15N3O/c1-2-10-9-5-3-8(7)4-6-9/h2-7H2,1H3. The number of hydrazine groups is 1. The zero-order valence-electron chi connectivity index (χ0n) is 6.42. The van der Waals surface area contributed by atoms with E-state index in [1.165, 1.54) is 0 Å². The van der Waals surface area contributed by atoms with Gasteiger partial charge in [-0.05, 0) is 6.92 Å². The first-order chi connectivity index (χ1) is 4.83. The van der Waals surface area contributed by atoms with Gasteiger partial charge < -0.3 is 0 Å². The van der Waals surface area contributed by atoms with Crippen molar-refractivity contribution < 1.29 is 4.84 Å². The van der Waals surface area contributed by atoms with Gasteiger partial charge >= 0.3 is 0 Å². The highest BCUT2D eigenvalue weighted by Crippen LogP contribution is 1.96. The molecule has 0 aromatic carbocycles. The third-order valence-electron chi connectivity index (χ3n) is 1.58. The largest absolute Gasteiger partial charge is 0.299 e. The van der Waals surface area contributed by atoms with Gasteiger partial charge in [0.1, 0.15) is 0 Å². The summed E-state index contributed by atoms with van der Waals surface area (Å²) >= 11 is 0. The molecule has 0 radical (unpaired) electrons. The van der Waals surface area contributed by atoms with Crippen LogP contribution in [0.1, 0.15) is 6.92 Å². The fourth-order valence-corrected chi connectivity index (χ4v) is 1.02. The minimum absolute atomic E-state index is 0.755. The Balaban J connectivity index is 2.13. The lowest BCUT2D eigenvalue weighted by atomic mass is 10.4. The maximum Gasteiger partial charge on any atom is 0.0656 e. The van der Waals surface area contributed by atoms with Crippen molar-refractivity contribution >= 4 is 0 Å². The summed E-state index contributed by atoms with van der Waals surface area (Å²) in [5.74, 6) is 5.54. The van der Waals surface area contributed by atoms with Gasteiger partial charge in [-0.25, -0.2) is 5.01 Å². The number of nitrogens with two attached hydrogens (primary N) is 1. The minimum atomic E-state index is 0.755. The molecular weight excluding hydrogens is 130 g/mol. The number of hydroxylamine groups is 2. The zero-order valence-corrected chi connectivity index (χ0v) is 6.42. The molecule has 1 saturated heterocycles. The van der Waals surface area contributed by atoms with Crippen LogP contribution < -0.4 is 5.84 Å². The van der Waals surface area contributed by atoms with E-state index in [4.69, 9.17) is 10.7 Å². The molecule has 1 heterocycles. The Hall–Kier alpha value is -0.160. The Morgan fingerprint density at radius 1 is 1.30 bits per heavy atom. The quantitative estimate of drug-likeness (QED) is 0.528. The Labute approximate surface area is 61.5 Å². The molecule has 0 amide bonds. The molecule has 0 spiro atoms. The molecule has 1 fully saturated rings. The van der Waals surface area contributed by atoms with Gasteiger partial charge in [0.2, 0.25) is 0 Å². The van der Waals surface area contributed by atoms with Crippen molar-refractivity contribution in [3.05, 3.63) is 0 Å². The number of rotatable bonds is 2. The lowest BCUT2D eigenvalue weighted by Gasteiger charge is -2.30. The van der Waals surface area contributed by atoms with Gasteiger partial charge in [-0.1, -0.05) is 0 Å². The van der Waals surface area contributed by atoms with E-state index < -0.39 is 0 Å². The van der Waals surface area contributed by atoms with Gasteiger partial charge in [-0.2, -0.15) is 5.06 Å². The molecule has 1 aliphatic rings. The normalized spacial score (nSPS) is 23.4. The summed E-state index contributed by atoms with van der Waals surface area (Å²) in [4.78, 5) is 5.28. The molecule has 4 heteroatoms. The Bertz CT molecular complexity index is 91.0. The topological polar surface area (TPSA) is 41.7 Å². The fourth-order valence-electron chi connectivity index (χ4n) is 1.02. The summed E-state index contributed by atoms with van der Waals surface area (Å²) < 4.78 is 0. The Morgan fingerprint density at radius 2 is 1.90 bits per heavy atom. The molecule has 4 nitrogen and oxygen atoms in total. The van der Waals surface area contributed by atoms with Crippen molar-refractivity contribution in [2.24, 2.45) is 5.84 Å². The van der Waals surface area contributed by atoms with Crippen LogP contribution in [0.25, 0.3) is 0 Å². The molecule has 2 N–H and O–H groups in total. The van der Waals surface area contributed by atoms with Crippen LogP contribution in [0, 0.1) is 0 Å². The van der Waals surface area contributed by atoms with Crippen LogP contribution in [0.3, 0.4) is 0 Å². The van der Waals surface area contributed by atoms with Crippen molar-refractivity contribution in [1.82, 2.24) is 10.1 Å². The molecule has 0 saturated carbocycles. The maximum atomic E-state index is 5.54. The van der Waals surface area contributed by atoms with Gasteiger partial charge in [-0.3, -0.25) is 10.7 Å². The van der Waals surface area contributed by atoms with E-state index in [0.29, 0.717) is 0 Å². The van der Waals surface area contributed by atoms with Crippen LogP contribution in [0.4, 0.5) is 0 Å². The van der Waals surface area contributed by atoms with Gasteiger partial charge in [0, 0.05) is 26.2 Å². The third-order valence-corrected chi connectivity index (χ3v) is 1.58. The van der Waals surface area contributed by atoms with Crippen LogP contribution >= 0.6 is 0 Å². The van der Waals surface area contributed by atoms with Crippen molar-refractivity contribution in [2.45, 2.75) is 6.92 Å². The molecule has 0 bridgehead atoms. The van der Waals surface area contributed by atoms with Crippen molar-refractivity contribution in [1.29, 1.82) is 0 Å². The summed E-state index contributed by atoms with van der Waals surface area (Å²) in [6.07, 6.45) is 0. The van der Waals surface area contributed by atoms with Crippen LogP contribution in [-0.2, 0) is 4.84 Å². The van der Waals surface area contributed by atoms with Gasteiger partial charge in [-0.15, -0.1) is 0 Å². The molecule has 0 aliphatic carbocycles. The predicted octanol–water partition coefficient (Wildman–Crippen LogP) is -0.571. The molecule has 1 rings (SSSR count). The second-order valence-electron chi connectivity index (χ2n) is 2.38. The molecule has 0 atom stereocenters. The first-order valence-electron chi connectivity index (χ1n) is 3.70. The smallest absolute Gasteiger partial charge is 0.0656 e. The maximum absolute atomic E-state index is 5.54. The molecule has 1 aliphatic heterocycles. The lowest BCUT2D eigenvalue weighted by molar-refractivity contribution is -0.172. The first-order valence-corrected chi connectivity index (χ1v) is 3.70. The monoisotopic (exact) mass is 145 g/mol. The molecule has 60 valence electrons. The molecular formula is C6H15N3O. The van der Waals surface area contributed by atoms with E-state index in [1.54, 1.807) is 0 Å². The average molecular weight is 145 g/mol. The van der Waals surface area contributed by atoms with Crippen LogP contribution in [0.2, 0.25) is 0 Å². The number of hydrogen-bond donors (Lipinski definition) is 1. The summed E-state index contributed by atoms with van der Waals surface area (Å²) in [7, 11) is 0. The Kier molecular flexibility index (Phi) is 3.08. The highest BCUT2D eigenvalue weighted by Gasteiger charge is 2.13. The second-order valence-corrected chi connectivity index (χ2v) is 2.38. The van der Waals surface area contributed by atoms with E-state index in [9.17, 15) is 0 Å². The zero-order chi connectivity index (χ0) is 7.40. The molecule has 10 heavy (non-hydrogen) atoms. The summed E-state index contributed by atoms with van der Waals surface area (Å²) in [5.41, 5.74) is 0. The summed E-state index contributed by atoms with van der Waals surface area (Å²) in [5, 5.41) is 3.78. The summed E-state index contributed by atoms with van der Waals surface area (Å²) in [6.45, 7) is 6.40. The summed E-state index contributed by atoms with van der Waals surface area (Å²) in [6, 6.07) is 0. The van der Waals surface area contributed by atoms with Crippen molar-refractivity contribution in [2.75, 3.05) is 32.8 Å². The second kappa shape index (κ2) is 3.88. The van der Waals surface area contributed by atoms with E-state index in [0.717, 1.165) is 32.8 Å². The van der Waals surface area contributed by atoms with E-state index >= 15 is 0 Å². The molecule has 0 aromatic rings. The van der Waals surface area contributed by atoms with Crippen LogP contribution in [-0.4, -0.2) is 42.9 Å². The van der Waals surface area contributed by atoms with Gasteiger partial charge in [0.05, 0.1) is 6.61 Å². The lowest BCUT2D eigenvalue weighted by Crippen LogP contribution is -2.49. The van der Waals surface area contributed by atoms with Crippen molar-refractivity contribution in [3.63, 3.8) is 0 Å². The van der Waals surface area contributed by atoms with Gasteiger partial charge in [0.15, 0.2) is 0 Å². The fraction of sp³-hybridized carbons (Fsp3) is 1.00. The highest BCUT2D eigenvalue weighted by molar-refractivity contribution is 4.60. The predicted molar refractivity (Wildman–Crippen MR) is 39.0 cm³/mol. The third kappa shape index (κ3) is 2.22. The number of hydrogen-bond acceptors (Lipinski definition) is 4. The minimum Gasteiger partial charge on any atom is -0.299 e. The first kappa shape index (κ1) is 7.94. The van der Waals surface area contributed by atoms with Gasteiger partial charge in [0.25, 0.3) is 0 Å². The highest BCUT2D eigenvalue weighted by atomic mass is 16.7. The van der Waals surface area contributed by atoms with E-state index in [1.807, 2.05) is 17.0 Å². The van der Waals surface area contributed by atoms with Crippen molar-refractivity contribution in [3.8, 4) is 0 Å². The van der Waals surface area contributed by atoms with Crippen LogP contribution in [0.5, 0.6) is 0 Å². The molecule has 0 unspecified atom stereocenters. The van der Waals surface area contributed by atoms with E-state index in [-0.39, 0.29) is 0 Å². The SMILES string of the molecule is CCON1CCN(N)CC1. The number of piperazine rings is 1. The van der Waals surface area contributed by atoms with E-state index in [2.05, 4.69) is 0 Å². The van der Waals surface area contributed by atoms with Crippen LogP contribution in [0.15, 0.2) is 0 Å². The molecule has 0 aromatic heterocycles. The number of nitrogens with zero attached hydrogens (tertiary/aromatic N) is 2. The Morgan fingerprint density at radius 3 is 2.40 bits per heavy atom.